The van der Waals surface area contributed by atoms with E-state index < -0.39 is 0 Å². The summed E-state index contributed by atoms with van der Waals surface area (Å²) in [4.78, 5) is 26.9. The van der Waals surface area contributed by atoms with Crippen molar-refractivity contribution in [3.63, 3.8) is 0 Å². The van der Waals surface area contributed by atoms with Gasteiger partial charge in [-0.25, -0.2) is 4.98 Å². The number of aryl methyl sites for hydroxylation is 2. The van der Waals surface area contributed by atoms with Gasteiger partial charge in [0, 0.05) is 31.2 Å². The highest BCUT2D eigenvalue weighted by Crippen LogP contribution is 2.27. The molecule has 138 valence electrons. The van der Waals surface area contributed by atoms with Gasteiger partial charge in [-0.05, 0) is 25.5 Å². The van der Waals surface area contributed by atoms with Gasteiger partial charge in [0.15, 0.2) is 0 Å². The standard InChI is InChI=1S/C19H20N6O2/c1-12-3-4-15(13(2)7-12)22-17(26)11-25-9-14(10-25)19-23-18(24-27-19)16-8-20-5-6-21-16/h3-8,14H,9-11H2,1-2H3,(H,22,26). The molecule has 1 fully saturated rings. The predicted molar refractivity (Wildman–Crippen MR) is 99.1 cm³/mol. The number of nitrogens with one attached hydrogen (secondary N) is 1. The number of nitrogens with zero attached hydrogens (tertiary/aromatic N) is 5. The van der Waals surface area contributed by atoms with E-state index in [2.05, 4.69) is 36.4 Å². The molecule has 1 saturated heterocycles. The molecule has 1 aromatic carbocycles. The third-order valence-corrected chi connectivity index (χ3v) is 4.56. The fraction of sp³-hybridized carbons (Fsp3) is 0.316. The monoisotopic (exact) mass is 364 g/mol. The lowest BCUT2D eigenvalue weighted by Crippen LogP contribution is -2.48. The van der Waals surface area contributed by atoms with Gasteiger partial charge in [0.05, 0.1) is 18.7 Å². The van der Waals surface area contributed by atoms with E-state index in [-0.39, 0.29) is 11.8 Å². The van der Waals surface area contributed by atoms with Gasteiger partial charge >= 0.3 is 0 Å². The van der Waals surface area contributed by atoms with Crippen LogP contribution in [0.25, 0.3) is 11.5 Å². The molecule has 27 heavy (non-hydrogen) atoms. The second-order valence-electron chi connectivity index (χ2n) is 6.80. The SMILES string of the molecule is Cc1ccc(NC(=O)CN2CC(c3nc(-c4cnccn4)no3)C2)c(C)c1. The summed E-state index contributed by atoms with van der Waals surface area (Å²) in [5, 5.41) is 6.93. The molecule has 8 heteroatoms. The minimum Gasteiger partial charge on any atom is -0.339 e. The topological polar surface area (TPSA) is 97.0 Å². The summed E-state index contributed by atoms with van der Waals surface area (Å²) < 4.78 is 5.34. The lowest BCUT2D eigenvalue weighted by atomic mass is 10.0. The van der Waals surface area contributed by atoms with E-state index in [1.165, 1.54) is 5.56 Å². The van der Waals surface area contributed by atoms with Gasteiger partial charge in [0.1, 0.15) is 5.69 Å². The van der Waals surface area contributed by atoms with Crippen molar-refractivity contribution in [1.29, 1.82) is 0 Å². The molecule has 8 nitrogen and oxygen atoms in total. The van der Waals surface area contributed by atoms with Crippen LogP contribution in [0.5, 0.6) is 0 Å². The predicted octanol–water partition coefficient (Wildman–Crippen LogP) is 2.18. The summed E-state index contributed by atoms with van der Waals surface area (Å²) in [7, 11) is 0. The molecule has 0 atom stereocenters. The number of hydrogen-bond donors (Lipinski definition) is 1. The zero-order chi connectivity index (χ0) is 18.8. The second-order valence-corrected chi connectivity index (χ2v) is 6.80. The van der Waals surface area contributed by atoms with Crippen LogP contribution < -0.4 is 5.32 Å². The molecular weight excluding hydrogens is 344 g/mol. The van der Waals surface area contributed by atoms with Gasteiger partial charge in [-0.1, -0.05) is 22.9 Å². The largest absolute Gasteiger partial charge is 0.339 e. The van der Waals surface area contributed by atoms with Gasteiger partial charge in [-0.2, -0.15) is 4.98 Å². The van der Waals surface area contributed by atoms with Crippen LogP contribution in [-0.4, -0.2) is 50.5 Å². The Morgan fingerprint density at radius 2 is 2.15 bits per heavy atom. The van der Waals surface area contributed by atoms with E-state index in [1.54, 1.807) is 18.6 Å². The first-order chi connectivity index (χ1) is 13.1. The van der Waals surface area contributed by atoms with Crippen molar-refractivity contribution in [1.82, 2.24) is 25.0 Å². The molecule has 3 heterocycles. The Hall–Kier alpha value is -3.13. The smallest absolute Gasteiger partial charge is 0.238 e. The molecule has 1 aliphatic rings. The summed E-state index contributed by atoms with van der Waals surface area (Å²) in [6.07, 6.45) is 4.78. The van der Waals surface area contributed by atoms with Crippen LogP contribution in [0.1, 0.15) is 22.9 Å². The highest BCUT2D eigenvalue weighted by Gasteiger charge is 2.33. The highest BCUT2D eigenvalue weighted by molar-refractivity contribution is 5.93. The lowest BCUT2D eigenvalue weighted by molar-refractivity contribution is -0.118. The van der Waals surface area contributed by atoms with Crippen LogP contribution in [0.2, 0.25) is 0 Å². The summed E-state index contributed by atoms with van der Waals surface area (Å²) in [6.45, 7) is 5.79. The molecule has 4 rings (SSSR count). The van der Waals surface area contributed by atoms with Crippen LogP contribution in [0, 0.1) is 13.8 Å². The first kappa shape index (κ1) is 17.3. The molecule has 1 N–H and O–H groups in total. The normalized spacial score (nSPS) is 14.7. The summed E-state index contributed by atoms with van der Waals surface area (Å²) in [5.74, 6) is 1.12. The quantitative estimate of drug-likeness (QED) is 0.741. The first-order valence-corrected chi connectivity index (χ1v) is 8.78. The minimum absolute atomic E-state index is 0.0221. The van der Waals surface area contributed by atoms with Gasteiger partial charge < -0.3 is 9.84 Å². The third kappa shape index (κ3) is 3.85. The first-order valence-electron chi connectivity index (χ1n) is 8.78. The van der Waals surface area contributed by atoms with Crippen LogP contribution in [-0.2, 0) is 4.79 Å². The van der Waals surface area contributed by atoms with Crippen LogP contribution in [0.3, 0.4) is 0 Å². The molecule has 0 saturated carbocycles. The maximum absolute atomic E-state index is 12.3. The number of benzene rings is 1. The summed E-state index contributed by atoms with van der Waals surface area (Å²) >= 11 is 0. The highest BCUT2D eigenvalue weighted by atomic mass is 16.5. The summed E-state index contributed by atoms with van der Waals surface area (Å²) in [5.41, 5.74) is 3.67. The third-order valence-electron chi connectivity index (χ3n) is 4.56. The lowest BCUT2D eigenvalue weighted by Gasteiger charge is -2.36. The van der Waals surface area contributed by atoms with Crippen molar-refractivity contribution >= 4 is 11.6 Å². The van der Waals surface area contributed by atoms with Gasteiger partial charge in [0.2, 0.25) is 17.6 Å². The van der Waals surface area contributed by atoms with Crippen LogP contribution in [0.4, 0.5) is 5.69 Å². The zero-order valence-corrected chi connectivity index (χ0v) is 15.2. The number of amides is 1. The summed E-state index contributed by atoms with van der Waals surface area (Å²) in [6, 6.07) is 5.99. The Bertz CT molecular complexity index is 950. The van der Waals surface area contributed by atoms with Gasteiger partial charge in [-0.15, -0.1) is 0 Å². The second kappa shape index (κ2) is 7.24. The number of hydrogen-bond acceptors (Lipinski definition) is 7. The van der Waals surface area contributed by atoms with Crippen molar-refractivity contribution < 1.29 is 9.32 Å². The number of rotatable bonds is 5. The maximum atomic E-state index is 12.3. The number of carbonyl (C=O) groups excluding carboxylic acids is 1. The Morgan fingerprint density at radius 1 is 1.30 bits per heavy atom. The van der Waals surface area contributed by atoms with Crippen molar-refractivity contribution in [3.05, 3.63) is 53.8 Å². The molecule has 1 amide bonds. The van der Waals surface area contributed by atoms with E-state index in [1.807, 2.05) is 26.0 Å². The Kier molecular flexibility index (Phi) is 4.64. The van der Waals surface area contributed by atoms with Crippen LogP contribution in [0.15, 0.2) is 41.3 Å². The molecule has 1 aliphatic heterocycles. The number of likely N-dealkylation sites (tertiary alicyclic amines) is 1. The van der Waals surface area contributed by atoms with Gasteiger partial charge in [-0.3, -0.25) is 14.7 Å². The molecule has 2 aromatic heterocycles. The van der Waals surface area contributed by atoms with Crippen molar-refractivity contribution in [2.45, 2.75) is 19.8 Å². The van der Waals surface area contributed by atoms with E-state index in [4.69, 9.17) is 4.52 Å². The van der Waals surface area contributed by atoms with E-state index in [0.717, 1.165) is 11.3 Å². The van der Waals surface area contributed by atoms with E-state index in [0.29, 0.717) is 37.0 Å². The zero-order valence-electron chi connectivity index (χ0n) is 15.2. The molecule has 0 aliphatic carbocycles. The van der Waals surface area contributed by atoms with Crippen molar-refractivity contribution in [2.75, 3.05) is 25.0 Å². The molecule has 3 aromatic rings. The average Bonchev–Trinajstić information content (AvgIpc) is 3.10. The van der Waals surface area contributed by atoms with Crippen LogP contribution >= 0.6 is 0 Å². The fourth-order valence-corrected chi connectivity index (χ4v) is 3.12. The maximum Gasteiger partial charge on any atom is 0.238 e. The minimum atomic E-state index is -0.0221. The molecule has 0 spiro atoms. The number of aromatic nitrogens is 4. The van der Waals surface area contributed by atoms with Crippen molar-refractivity contribution in [2.24, 2.45) is 0 Å². The number of carbonyl (C=O) groups is 1. The Balaban J connectivity index is 1.30. The van der Waals surface area contributed by atoms with Gasteiger partial charge in [0.25, 0.3) is 0 Å². The number of anilines is 1. The molecule has 0 unspecified atom stereocenters. The molecule has 0 radical (unpaired) electrons. The molecule has 0 bridgehead atoms. The van der Waals surface area contributed by atoms with E-state index >= 15 is 0 Å². The Labute approximate surface area is 156 Å². The average molecular weight is 364 g/mol. The molecular formula is C19H20N6O2. The Morgan fingerprint density at radius 3 is 2.89 bits per heavy atom. The van der Waals surface area contributed by atoms with Crippen molar-refractivity contribution in [3.8, 4) is 11.5 Å². The van der Waals surface area contributed by atoms with E-state index in [9.17, 15) is 4.79 Å². The fourth-order valence-electron chi connectivity index (χ4n) is 3.12.